The summed E-state index contributed by atoms with van der Waals surface area (Å²) in [6.07, 6.45) is 5.01. The first-order valence-electron chi connectivity index (χ1n) is 12.9. The van der Waals surface area contributed by atoms with Crippen LogP contribution in [0.15, 0.2) is 66.8 Å². The number of hydrogen-bond acceptors (Lipinski definition) is 6. The van der Waals surface area contributed by atoms with Gasteiger partial charge < -0.3 is 20.3 Å². The van der Waals surface area contributed by atoms with Crippen molar-refractivity contribution >= 4 is 17.7 Å². The topological polar surface area (TPSA) is 113 Å². The van der Waals surface area contributed by atoms with E-state index in [-0.39, 0.29) is 23.7 Å². The number of Topliss-reactive ketones (excluding diaryl/α,β-unsaturated/α-hetero) is 1. The number of ether oxygens (including phenoxy) is 1. The molecule has 1 saturated carbocycles. The lowest BCUT2D eigenvalue weighted by atomic mass is 9.51. The van der Waals surface area contributed by atoms with Crippen molar-refractivity contribution in [1.82, 2.24) is 5.32 Å². The molecule has 198 valence electrons. The van der Waals surface area contributed by atoms with Gasteiger partial charge in [0, 0.05) is 30.7 Å². The molecule has 4 rings (SSSR count). The molecule has 1 spiro atoms. The van der Waals surface area contributed by atoms with Gasteiger partial charge in [-0.25, -0.2) is 0 Å². The van der Waals surface area contributed by atoms with Gasteiger partial charge in [0.1, 0.15) is 17.1 Å². The monoisotopic (exact) mass is 507 g/mol. The second kappa shape index (κ2) is 10.0. The Hall–Kier alpha value is -3.03. The predicted molar refractivity (Wildman–Crippen MR) is 139 cm³/mol. The zero-order valence-corrected chi connectivity index (χ0v) is 21.9. The Morgan fingerprint density at radius 3 is 2.51 bits per heavy atom. The van der Waals surface area contributed by atoms with Crippen molar-refractivity contribution in [2.75, 3.05) is 0 Å². The van der Waals surface area contributed by atoms with Crippen molar-refractivity contribution in [3.63, 3.8) is 0 Å². The SMILES string of the molecule is C=C1[C@@H](C)[C@H]2[C@@H](Cc3ccccc3)NC(=O)[C@@]23C(OC(C)=O)C=C[C@](C)(O)C(=O)[C@H](C)C/C=C/[C@H]3[C@@H]1O. The highest BCUT2D eigenvalue weighted by Gasteiger charge is 2.68. The normalized spacial score (nSPS) is 40.7. The van der Waals surface area contributed by atoms with Crippen LogP contribution in [0.5, 0.6) is 0 Å². The number of benzene rings is 1. The summed E-state index contributed by atoms with van der Waals surface area (Å²) < 4.78 is 5.81. The van der Waals surface area contributed by atoms with Crippen LogP contribution in [0, 0.1) is 29.1 Å². The van der Waals surface area contributed by atoms with Crippen molar-refractivity contribution in [3.8, 4) is 0 Å². The van der Waals surface area contributed by atoms with Crippen LogP contribution >= 0.6 is 0 Å². The molecule has 2 fully saturated rings. The van der Waals surface area contributed by atoms with Crippen LogP contribution < -0.4 is 5.32 Å². The van der Waals surface area contributed by atoms with E-state index < -0.39 is 46.9 Å². The number of ketones is 1. The van der Waals surface area contributed by atoms with E-state index in [2.05, 4.69) is 11.9 Å². The van der Waals surface area contributed by atoms with E-state index in [0.717, 1.165) is 5.56 Å². The minimum atomic E-state index is -1.82. The molecule has 1 aromatic rings. The van der Waals surface area contributed by atoms with Crippen LogP contribution in [-0.2, 0) is 25.5 Å². The molecule has 7 nitrogen and oxygen atoms in total. The average Bonchev–Trinajstić information content (AvgIpc) is 3.13. The van der Waals surface area contributed by atoms with E-state index in [4.69, 9.17) is 4.74 Å². The molecule has 37 heavy (non-hydrogen) atoms. The Labute approximate surface area is 218 Å². The largest absolute Gasteiger partial charge is 0.457 e. The van der Waals surface area contributed by atoms with Crippen molar-refractivity contribution < 1.29 is 29.3 Å². The average molecular weight is 508 g/mol. The fourth-order valence-corrected chi connectivity index (χ4v) is 6.68. The molecule has 1 unspecified atom stereocenters. The molecule has 2 aliphatic carbocycles. The zero-order chi connectivity index (χ0) is 27.1. The number of carbonyl (C=O) groups is 3. The van der Waals surface area contributed by atoms with Gasteiger partial charge >= 0.3 is 5.97 Å². The van der Waals surface area contributed by atoms with E-state index in [1.165, 1.54) is 26.0 Å². The molecule has 0 radical (unpaired) electrons. The summed E-state index contributed by atoms with van der Waals surface area (Å²) in [5, 5.41) is 25.7. The van der Waals surface area contributed by atoms with Crippen LogP contribution in [0.2, 0.25) is 0 Å². The van der Waals surface area contributed by atoms with Crippen molar-refractivity contribution in [1.29, 1.82) is 0 Å². The van der Waals surface area contributed by atoms with E-state index in [1.807, 2.05) is 37.3 Å². The van der Waals surface area contributed by atoms with Crippen LogP contribution in [-0.4, -0.2) is 51.7 Å². The van der Waals surface area contributed by atoms with Gasteiger partial charge in [-0.3, -0.25) is 14.4 Å². The summed E-state index contributed by atoms with van der Waals surface area (Å²) in [5.74, 6) is -3.26. The lowest BCUT2D eigenvalue weighted by molar-refractivity contribution is -0.166. The number of esters is 1. The summed E-state index contributed by atoms with van der Waals surface area (Å²) in [4.78, 5) is 39.5. The molecular formula is C30H37NO6. The Bertz CT molecular complexity index is 1140. The van der Waals surface area contributed by atoms with Crippen molar-refractivity contribution in [3.05, 3.63) is 72.4 Å². The predicted octanol–water partition coefficient (Wildman–Crippen LogP) is 2.92. The molecule has 1 amide bonds. The minimum absolute atomic E-state index is 0.287. The van der Waals surface area contributed by atoms with Gasteiger partial charge in [0.15, 0.2) is 5.78 Å². The van der Waals surface area contributed by atoms with Gasteiger partial charge in [0.2, 0.25) is 5.91 Å². The van der Waals surface area contributed by atoms with Gasteiger partial charge in [0.25, 0.3) is 0 Å². The lowest BCUT2D eigenvalue weighted by Gasteiger charge is -2.52. The van der Waals surface area contributed by atoms with Gasteiger partial charge in [0.05, 0.1) is 6.10 Å². The fraction of sp³-hybridized carbons (Fsp3) is 0.500. The number of rotatable bonds is 3. The number of allylic oxidation sites excluding steroid dienone is 1. The Kier molecular flexibility index (Phi) is 7.32. The Morgan fingerprint density at radius 2 is 1.86 bits per heavy atom. The van der Waals surface area contributed by atoms with Gasteiger partial charge in [-0.15, -0.1) is 0 Å². The summed E-state index contributed by atoms with van der Waals surface area (Å²) in [6.45, 7) is 10.5. The van der Waals surface area contributed by atoms with Gasteiger partial charge in [-0.1, -0.05) is 62.9 Å². The summed E-state index contributed by atoms with van der Waals surface area (Å²) >= 11 is 0. The molecule has 1 saturated heterocycles. The number of hydrogen-bond donors (Lipinski definition) is 3. The fourth-order valence-electron chi connectivity index (χ4n) is 6.68. The van der Waals surface area contributed by atoms with Crippen LogP contribution in [0.1, 0.15) is 39.7 Å². The minimum Gasteiger partial charge on any atom is -0.457 e. The number of aliphatic hydroxyl groups is 2. The van der Waals surface area contributed by atoms with E-state index in [9.17, 15) is 24.6 Å². The second-order valence-corrected chi connectivity index (χ2v) is 11.0. The highest BCUT2D eigenvalue weighted by molar-refractivity contribution is 5.91. The number of carbonyl (C=O) groups excluding carboxylic acids is 3. The third kappa shape index (κ3) is 4.59. The lowest BCUT2D eigenvalue weighted by Crippen LogP contribution is -2.60. The maximum absolute atomic E-state index is 14.2. The van der Waals surface area contributed by atoms with E-state index in [0.29, 0.717) is 18.4 Å². The number of nitrogens with one attached hydrogen (secondary N) is 1. The highest BCUT2D eigenvalue weighted by atomic mass is 16.5. The second-order valence-electron chi connectivity index (χ2n) is 11.0. The molecule has 1 aliphatic heterocycles. The maximum atomic E-state index is 14.2. The van der Waals surface area contributed by atoms with Gasteiger partial charge in [-0.2, -0.15) is 0 Å². The first-order valence-corrected chi connectivity index (χ1v) is 12.9. The Morgan fingerprint density at radius 1 is 1.19 bits per heavy atom. The molecule has 0 bridgehead atoms. The van der Waals surface area contributed by atoms with Gasteiger partial charge in [-0.05, 0) is 49.0 Å². The summed E-state index contributed by atoms with van der Waals surface area (Å²) in [7, 11) is 0. The summed E-state index contributed by atoms with van der Waals surface area (Å²) in [6, 6.07) is 9.49. The van der Waals surface area contributed by atoms with E-state index >= 15 is 0 Å². The third-order valence-electron chi connectivity index (χ3n) is 8.53. The smallest absolute Gasteiger partial charge is 0.303 e. The molecule has 9 atom stereocenters. The van der Waals surface area contributed by atoms with Crippen LogP contribution in [0.3, 0.4) is 0 Å². The molecular weight excluding hydrogens is 470 g/mol. The van der Waals surface area contributed by atoms with Crippen molar-refractivity contribution in [2.45, 2.75) is 64.4 Å². The molecule has 7 heteroatoms. The third-order valence-corrected chi connectivity index (χ3v) is 8.53. The van der Waals surface area contributed by atoms with Crippen molar-refractivity contribution in [2.24, 2.45) is 29.1 Å². The number of aliphatic hydroxyl groups excluding tert-OH is 1. The number of amides is 1. The van der Waals surface area contributed by atoms with Crippen LogP contribution in [0.25, 0.3) is 0 Å². The molecule has 0 aromatic heterocycles. The molecule has 1 heterocycles. The standard InChI is InChI=1S/C30H37NO6/c1-17-10-9-13-22-26(33)19(3)18(2)25-23(16-21-11-7-6-8-12-21)31-28(35)30(22,25)24(37-20(4)32)14-15-29(5,36)27(17)34/h6-9,11-15,17-18,22-26,33,36H,3,10,16H2,1-2,4-5H3,(H,31,35)/b13-9+,15-14?/t17-,18-,22+,23-,24?,25+,26-,29+,30+/m1/s1. The zero-order valence-electron chi connectivity index (χ0n) is 21.9. The first kappa shape index (κ1) is 27.0. The van der Waals surface area contributed by atoms with E-state index in [1.54, 1.807) is 19.1 Å². The molecule has 3 aliphatic rings. The quantitative estimate of drug-likeness (QED) is 0.428. The first-order chi connectivity index (χ1) is 17.4. The highest BCUT2D eigenvalue weighted by Crippen LogP contribution is 2.58. The summed E-state index contributed by atoms with van der Waals surface area (Å²) in [5.41, 5.74) is -1.55. The maximum Gasteiger partial charge on any atom is 0.303 e. The molecule has 3 N–H and O–H groups in total. The molecule has 1 aromatic carbocycles. The van der Waals surface area contributed by atoms with Crippen LogP contribution in [0.4, 0.5) is 0 Å². The Balaban J connectivity index is 1.94.